The molecule has 0 radical (unpaired) electrons. The summed E-state index contributed by atoms with van der Waals surface area (Å²) in [5, 5.41) is 8.44. The SMILES string of the molecule is N#Cc1c(F)cccc1NN. The zero-order valence-corrected chi connectivity index (χ0v) is 5.63. The molecule has 0 heterocycles. The molecule has 0 saturated carbocycles. The van der Waals surface area contributed by atoms with Crippen molar-refractivity contribution in [2.75, 3.05) is 5.43 Å². The quantitative estimate of drug-likeness (QED) is 0.464. The number of nitrogen functional groups attached to an aromatic ring is 1. The van der Waals surface area contributed by atoms with Gasteiger partial charge in [0.15, 0.2) is 0 Å². The van der Waals surface area contributed by atoms with Crippen LogP contribution in [0.2, 0.25) is 0 Å². The third-order valence-corrected chi connectivity index (χ3v) is 1.28. The van der Waals surface area contributed by atoms with Crippen molar-refractivity contribution in [3.8, 4) is 6.07 Å². The largest absolute Gasteiger partial charge is 0.323 e. The summed E-state index contributed by atoms with van der Waals surface area (Å²) in [6, 6.07) is 5.91. The molecule has 1 aromatic rings. The van der Waals surface area contributed by atoms with Gasteiger partial charge in [-0.15, -0.1) is 0 Å². The standard InChI is InChI=1S/C7H6FN3/c8-6-2-1-3-7(11-10)5(6)4-9/h1-3,11H,10H2. The van der Waals surface area contributed by atoms with Gasteiger partial charge in [0.1, 0.15) is 17.4 Å². The number of hydrogen-bond donors (Lipinski definition) is 2. The highest BCUT2D eigenvalue weighted by molar-refractivity contribution is 5.56. The maximum absolute atomic E-state index is 12.7. The summed E-state index contributed by atoms with van der Waals surface area (Å²) in [7, 11) is 0. The number of nitrogens with two attached hydrogens (primary N) is 1. The molecule has 1 rings (SSSR count). The summed E-state index contributed by atoms with van der Waals surface area (Å²) < 4.78 is 12.7. The van der Waals surface area contributed by atoms with Gasteiger partial charge in [-0.25, -0.2) is 4.39 Å². The van der Waals surface area contributed by atoms with Crippen LogP contribution in [0.5, 0.6) is 0 Å². The van der Waals surface area contributed by atoms with Gasteiger partial charge in [-0.2, -0.15) is 5.26 Å². The van der Waals surface area contributed by atoms with E-state index in [-0.39, 0.29) is 5.56 Å². The van der Waals surface area contributed by atoms with Gasteiger partial charge in [0.25, 0.3) is 0 Å². The fourth-order valence-electron chi connectivity index (χ4n) is 0.758. The molecule has 3 N–H and O–H groups in total. The van der Waals surface area contributed by atoms with Crippen LogP contribution in [0.15, 0.2) is 18.2 Å². The second-order valence-corrected chi connectivity index (χ2v) is 1.92. The summed E-state index contributed by atoms with van der Waals surface area (Å²) in [6.45, 7) is 0. The molecule has 3 nitrogen and oxygen atoms in total. The number of benzene rings is 1. The van der Waals surface area contributed by atoms with Crippen LogP contribution in [-0.2, 0) is 0 Å². The van der Waals surface area contributed by atoms with E-state index in [0.29, 0.717) is 5.69 Å². The molecule has 1 aromatic carbocycles. The monoisotopic (exact) mass is 151 g/mol. The van der Waals surface area contributed by atoms with Crippen molar-refractivity contribution < 1.29 is 4.39 Å². The Hall–Kier alpha value is -1.60. The molecule has 0 fully saturated rings. The minimum atomic E-state index is -0.567. The molecule has 0 saturated heterocycles. The molecule has 0 bridgehead atoms. The lowest BCUT2D eigenvalue weighted by Crippen LogP contribution is -2.08. The summed E-state index contributed by atoms with van der Waals surface area (Å²) >= 11 is 0. The highest BCUT2D eigenvalue weighted by Gasteiger charge is 2.04. The minimum Gasteiger partial charge on any atom is -0.323 e. The lowest BCUT2D eigenvalue weighted by molar-refractivity contribution is 0.624. The smallest absolute Gasteiger partial charge is 0.143 e. The van der Waals surface area contributed by atoms with E-state index in [9.17, 15) is 4.39 Å². The Labute approximate surface area is 63.2 Å². The molecule has 0 aliphatic rings. The first-order valence-corrected chi connectivity index (χ1v) is 2.95. The highest BCUT2D eigenvalue weighted by Crippen LogP contribution is 2.15. The second kappa shape index (κ2) is 2.99. The number of hydrogen-bond acceptors (Lipinski definition) is 3. The van der Waals surface area contributed by atoms with Crippen molar-refractivity contribution in [1.29, 1.82) is 5.26 Å². The molecule has 0 unspecified atom stereocenters. The van der Waals surface area contributed by atoms with Crippen molar-refractivity contribution in [2.24, 2.45) is 5.84 Å². The predicted octanol–water partition coefficient (Wildman–Crippen LogP) is 0.983. The van der Waals surface area contributed by atoms with Crippen LogP contribution < -0.4 is 11.3 Å². The maximum Gasteiger partial charge on any atom is 0.143 e. The number of halogens is 1. The van der Waals surface area contributed by atoms with Crippen molar-refractivity contribution in [3.05, 3.63) is 29.6 Å². The Morgan fingerprint density at radius 2 is 2.27 bits per heavy atom. The lowest BCUT2D eigenvalue weighted by atomic mass is 10.2. The van der Waals surface area contributed by atoms with E-state index in [2.05, 4.69) is 5.43 Å². The number of nitrogens with one attached hydrogen (secondary N) is 1. The molecule has 0 amide bonds. The Balaban J connectivity index is 3.27. The topological polar surface area (TPSA) is 61.8 Å². The van der Waals surface area contributed by atoms with Crippen LogP contribution in [0.3, 0.4) is 0 Å². The van der Waals surface area contributed by atoms with E-state index < -0.39 is 5.82 Å². The third-order valence-electron chi connectivity index (χ3n) is 1.28. The van der Waals surface area contributed by atoms with Crippen LogP contribution in [0.25, 0.3) is 0 Å². The van der Waals surface area contributed by atoms with Gasteiger partial charge in [-0.3, -0.25) is 5.84 Å². The van der Waals surface area contributed by atoms with E-state index >= 15 is 0 Å². The fourth-order valence-corrected chi connectivity index (χ4v) is 0.758. The molecule has 0 aromatic heterocycles. The first kappa shape index (κ1) is 7.51. The minimum absolute atomic E-state index is 0.0602. The van der Waals surface area contributed by atoms with Crippen LogP contribution in [0, 0.1) is 17.1 Å². The van der Waals surface area contributed by atoms with Gasteiger partial charge in [-0.1, -0.05) is 6.07 Å². The number of nitrogens with zero attached hydrogens (tertiary/aromatic N) is 1. The molecule has 0 spiro atoms. The fraction of sp³-hybridized carbons (Fsp3) is 0. The van der Waals surface area contributed by atoms with Crippen LogP contribution in [0.1, 0.15) is 5.56 Å². The lowest BCUT2D eigenvalue weighted by Gasteiger charge is -2.01. The van der Waals surface area contributed by atoms with Crippen molar-refractivity contribution in [1.82, 2.24) is 0 Å². The predicted molar refractivity (Wildman–Crippen MR) is 38.9 cm³/mol. The average Bonchev–Trinajstić information content (AvgIpc) is 2.04. The molecule has 0 aliphatic carbocycles. The van der Waals surface area contributed by atoms with Gasteiger partial charge >= 0.3 is 0 Å². The number of rotatable bonds is 1. The Bertz CT molecular complexity index is 303. The summed E-state index contributed by atoms with van der Waals surface area (Å²) in [4.78, 5) is 0. The van der Waals surface area contributed by atoms with Gasteiger partial charge in [0.2, 0.25) is 0 Å². The molecular formula is C7H6FN3. The number of anilines is 1. The normalized spacial score (nSPS) is 8.82. The molecule has 11 heavy (non-hydrogen) atoms. The molecule has 0 atom stereocenters. The maximum atomic E-state index is 12.7. The molecular weight excluding hydrogens is 145 g/mol. The number of nitriles is 1. The Morgan fingerprint density at radius 1 is 1.55 bits per heavy atom. The molecule has 0 aliphatic heterocycles. The third kappa shape index (κ3) is 1.28. The summed E-state index contributed by atoms with van der Waals surface area (Å²) in [5.41, 5.74) is 2.46. The van der Waals surface area contributed by atoms with Crippen molar-refractivity contribution in [3.63, 3.8) is 0 Å². The van der Waals surface area contributed by atoms with Gasteiger partial charge in [0.05, 0.1) is 5.69 Å². The highest BCUT2D eigenvalue weighted by atomic mass is 19.1. The van der Waals surface area contributed by atoms with E-state index in [0.717, 1.165) is 0 Å². The number of hydrazine groups is 1. The molecule has 56 valence electrons. The van der Waals surface area contributed by atoms with E-state index in [1.807, 2.05) is 0 Å². The first-order valence-electron chi connectivity index (χ1n) is 2.95. The summed E-state index contributed by atoms with van der Waals surface area (Å²) in [5.74, 6) is 4.46. The van der Waals surface area contributed by atoms with Crippen LogP contribution in [0.4, 0.5) is 10.1 Å². The van der Waals surface area contributed by atoms with Gasteiger partial charge < -0.3 is 5.43 Å². The van der Waals surface area contributed by atoms with E-state index in [4.69, 9.17) is 11.1 Å². The zero-order chi connectivity index (χ0) is 8.27. The van der Waals surface area contributed by atoms with E-state index in [1.165, 1.54) is 18.2 Å². The van der Waals surface area contributed by atoms with Crippen LogP contribution >= 0.6 is 0 Å². The van der Waals surface area contributed by atoms with Crippen molar-refractivity contribution >= 4 is 5.69 Å². The second-order valence-electron chi connectivity index (χ2n) is 1.92. The van der Waals surface area contributed by atoms with Crippen LogP contribution in [-0.4, -0.2) is 0 Å². The summed E-state index contributed by atoms with van der Waals surface area (Å²) in [6.07, 6.45) is 0. The first-order chi connectivity index (χ1) is 5.29. The Kier molecular flexibility index (Phi) is 2.04. The molecule has 4 heteroatoms. The average molecular weight is 151 g/mol. The van der Waals surface area contributed by atoms with Crippen molar-refractivity contribution in [2.45, 2.75) is 0 Å². The van der Waals surface area contributed by atoms with Gasteiger partial charge in [0, 0.05) is 0 Å². The van der Waals surface area contributed by atoms with Gasteiger partial charge in [-0.05, 0) is 12.1 Å². The Morgan fingerprint density at radius 3 is 2.73 bits per heavy atom. The van der Waals surface area contributed by atoms with E-state index in [1.54, 1.807) is 6.07 Å². The zero-order valence-electron chi connectivity index (χ0n) is 5.63.